The van der Waals surface area contributed by atoms with Crippen LogP contribution in [-0.2, 0) is 21.7 Å². The third kappa shape index (κ3) is 6.52. The van der Waals surface area contributed by atoms with Crippen molar-refractivity contribution in [1.82, 2.24) is 0 Å². The molecule has 0 aliphatic rings. The Bertz CT molecular complexity index is 1840. The lowest BCUT2D eigenvalue weighted by Gasteiger charge is -2.26. The van der Waals surface area contributed by atoms with E-state index >= 15 is 0 Å². The van der Waals surface area contributed by atoms with Crippen LogP contribution < -0.4 is 4.74 Å². The summed E-state index contributed by atoms with van der Waals surface area (Å²) in [5.41, 5.74) is 12.5. The standard InChI is InChI=1S/C45H54O/c1-42(2,3)32-20-14-29(15-21-32)38-37-28-35(45(10,11)12)26-27-36(37)39(30-16-22-33(23-17-30)43(4,5)6)41(46-13)40(38)31-18-24-34(25-19-31)44(7,8)9/h14-28H,1-13H3. The molecule has 0 N–H and O–H groups in total. The highest BCUT2D eigenvalue weighted by atomic mass is 16.5. The summed E-state index contributed by atoms with van der Waals surface area (Å²) in [5.74, 6) is 0.915. The molecule has 0 aliphatic carbocycles. The first-order chi connectivity index (χ1) is 21.3. The molecule has 0 amide bonds. The lowest BCUT2D eigenvalue weighted by Crippen LogP contribution is -2.11. The Labute approximate surface area is 279 Å². The van der Waals surface area contributed by atoms with E-state index in [0.29, 0.717) is 0 Å². The van der Waals surface area contributed by atoms with E-state index in [9.17, 15) is 0 Å². The van der Waals surface area contributed by atoms with Gasteiger partial charge in [-0.3, -0.25) is 0 Å². The zero-order valence-electron chi connectivity index (χ0n) is 30.6. The van der Waals surface area contributed by atoms with E-state index in [-0.39, 0.29) is 21.7 Å². The molecule has 0 atom stereocenters. The van der Waals surface area contributed by atoms with Crippen molar-refractivity contribution in [1.29, 1.82) is 0 Å². The number of fused-ring (bicyclic) bond motifs is 1. The van der Waals surface area contributed by atoms with Crippen LogP contribution in [-0.4, -0.2) is 7.11 Å². The Morgan fingerprint density at radius 3 is 1.02 bits per heavy atom. The average Bonchev–Trinajstić information content (AvgIpc) is 2.98. The lowest BCUT2D eigenvalue weighted by molar-refractivity contribution is 0.418. The van der Waals surface area contributed by atoms with Gasteiger partial charge in [-0.25, -0.2) is 0 Å². The fourth-order valence-electron chi connectivity index (χ4n) is 6.41. The van der Waals surface area contributed by atoms with E-state index in [1.807, 2.05) is 7.11 Å². The van der Waals surface area contributed by atoms with Crippen LogP contribution in [0.25, 0.3) is 44.2 Å². The van der Waals surface area contributed by atoms with E-state index in [1.165, 1.54) is 49.7 Å². The first-order valence-corrected chi connectivity index (χ1v) is 16.8. The summed E-state index contributed by atoms with van der Waals surface area (Å²) in [6, 6.07) is 34.5. The van der Waals surface area contributed by atoms with Gasteiger partial charge < -0.3 is 4.74 Å². The number of hydrogen-bond donors (Lipinski definition) is 0. The van der Waals surface area contributed by atoms with Crippen molar-refractivity contribution >= 4 is 10.8 Å². The molecule has 0 fully saturated rings. The molecule has 0 bridgehead atoms. The Kier molecular flexibility index (Phi) is 8.56. The number of hydrogen-bond acceptors (Lipinski definition) is 1. The first-order valence-electron chi connectivity index (χ1n) is 16.8. The molecule has 0 unspecified atom stereocenters. The second-order valence-electron chi connectivity index (χ2n) is 17.2. The van der Waals surface area contributed by atoms with Gasteiger partial charge in [0.15, 0.2) is 0 Å². The van der Waals surface area contributed by atoms with Crippen LogP contribution in [0.1, 0.15) is 105 Å². The molecular weight excluding hydrogens is 556 g/mol. The summed E-state index contributed by atoms with van der Waals surface area (Å²) >= 11 is 0. The normalized spacial score (nSPS) is 12.9. The van der Waals surface area contributed by atoms with Crippen LogP contribution in [0.15, 0.2) is 91.0 Å². The van der Waals surface area contributed by atoms with Gasteiger partial charge in [0.1, 0.15) is 5.75 Å². The summed E-state index contributed by atoms with van der Waals surface area (Å²) in [6.45, 7) is 27.3. The second-order valence-corrected chi connectivity index (χ2v) is 17.2. The number of benzene rings is 5. The molecule has 1 nitrogen and oxygen atoms in total. The van der Waals surface area contributed by atoms with E-state index in [4.69, 9.17) is 4.74 Å². The van der Waals surface area contributed by atoms with Crippen LogP contribution in [0, 0.1) is 0 Å². The molecule has 5 aromatic carbocycles. The largest absolute Gasteiger partial charge is 0.495 e. The minimum absolute atomic E-state index is 0.00448. The van der Waals surface area contributed by atoms with Crippen molar-refractivity contribution in [2.45, 2.75) is 105 Å². The van der Waals surface area contributed by atoms with Crippen molar-refractivity contribution in [3.05, 3.63) is 113 Å². The summed E-state index contributed by atoms with van der Waals surface area (Å²) in [6.07, 6.45) is 0. The predicted molar refractivity (Wildman–Crippen MR) is 202 cm³/mol. The maximum atomic E-state index is 6.53. The predicted octanol–water partition coefficient (Wildman–Crippen LogP) is 13.0. The molecule has 0 spiro atoms. The van der Waals surface area contributed by atoms with Gasteiger partial charge in [-0.05, 0) is 77.4 Å². The van der Waals surface area contributed by atoms with Gasteiger partial charge in [-0.15, -0.1) is 0 Å². The van der Waals surface area contributed by atoms with Gasteiger partial charge in [-0.2, -0.15) is 0 Å². The third-order valence-corrected chi connectivity index (χ3v) is 9.45. The zero-order chi connectivity index (χ0) is 33.8. The van der Waals surface area contributed by atoms with Crippen molar-refractivity contribution in [3.8, 4) is 39.1 Å². The average molecular weight is 611 g/mol. The first kappa shape index (κ1) is 33.5. The van der Waals surface area contributed by atoms with E-state index in [0.717, 1.165) is 22.4 Å². The Morgan fingerprint density at radius 1 is 0.348 bits per heavy atom. The van der Waals surface area contributed by atoms with E-state index in [1.54, 1.807) is 0 Å². The Hall–Kier alpha value is -3.84. The highest BCUT2D eigenvalue weighted by Crippen LogP contribution is 2.52. The van der Waals surface area contributed by atoms with Crippen LogP contribution in [0.2, 0.25) is 0 Å². The Balaban J connectivity index is 1.95. The summed E-state index contributed by atoms with van der Waals surface area (Å²) < 4.78 is 6.53. The highest BCUT2D eigenvalue weighted by molar-refractivity contribution is 6.14. The summed E-state index contributed by atoms with van der Waals surface area (Å²) in [4.78, 5) is 0. The van der Waals surface area contributed by atoms with Gasteiger partial charge in [-0.1, -0.05) is 168 Å². The number of ether oxygens (including phenoxy) is 1. The molecule has 1 heteroatoms. The molecule has 5 rings (SSSR count). The quantitative estimate of drug-likeness (QED) is 0.197. The molecule has 0 aliphatic heterocycles. The maximum Gasteiger partial charge on any atom is 0.135 e. The van der Waals surface area contributed by atoms with Gasteiger partial charge in [0.2, 0.25) is 0 Å². The van der Waals surface area contributed by atoms with Gasteiger partial charge >= 0.3 is 0 Å². The highest BCUT2D eigenvalue weighted by Gasteiger charge is 2.27. The summed E-state index contributed by atoms with van der Waals surface area (Å²) in [7, 11) is 1.83. The molecular formula is C45H54O. The maximum absolute atomic E-state index is 6.53. The monoisotopic (exact) mass is 610 g/mol. The van der Waals surface area contributed by atoms with E-state index in [2.05, 4.69) is 174 Å². The van der Waals surface area contributed by atoms with Crippen molar-refractivity contribution < 1.29 is 4.74 Å². The number of methoxy groups -OCH3 is 1. The molecule has 0 heterocycles. The van der Waals surface area contributed by atoms with Crippen LogP contribution in [0.3, 0.4) is 0 Å². The Morgan fingerprint density at radius 2 is 0.674 bits per heavy atom. The van der Waals surface area contributed by atoms with Crippen LogP contribution in [0.4, 0.5) is 0 Å². The van der Waals surface area contributed by atoms with Gasteiger partial charge in [0, 0.05) is 16.7 Å². The fraction of sp³-hybridized carbons (Fsp3) is 0.378. The SMILES string of the molecule is COc1c(-c2ccc(C(C)(C)C)cc2)c(-c2ccc(C(C)(C)C)cc2)c2cc(C(C)(C)C)ccc2c1-c1ccc(C(C)(C)C)cc1. The van der Waals surface area contributed by atoms with Crippen molar-refractivity contribution in [3.63, 3.8) is 0 Å². The number of rotatable bonds is 4. The smallest absolute Gasteiger partial charge is 0.135 e. The van der Waals surface area contributed by atoms with Crippen LogP contribution >= 0.6 is 0 Å². The minimum atomic E-state index is 0.00448. The molecule has 0 aromatic heterocycles. The van der Waals surface area contributed by atoms with Crippen molar-refractivity contribution in [2.75, 3.05) is 7.11 Å². The summed E-state index contributed by atoms with van der Waals surface area (Å²) in [5, 5.41) is 2.46. The van der Waals surface area contributed by atoms with Gasteiger partial charge in [0.05, 0.1) is 7.11 Å². The van der Waals surface area contributed by atoms with Crippen molar-refractivity contribution in [2.24, 2.45) is 0 Å². The lowest BCUT2D eigenvalue weighted by atomic mass is 9.79. The zero-order valence-corrected chi connectivity index (χ0v) is 30.6. The topological polar surface area (TPSA) is 9.23 Å². The molecule has 0 saturated carbocycles. The second kappa shape index (κ2) is 11.8. The fourth-order valence-corrected chi connectivity index (χ4v) is 6.41. The molecule has 240 valence electrons. The van der Waals surface area contributed by atoms with Crippen LogP contribution in [0.5, 0.6) is 5.75 Å². The van der Waals surface area contributed by atoms with E-state index < -0.39 is 0 Å². The minimum Gasteiger partial charge on any atom is -0.495 e. The molecule has 5 aromatic rings. The molecule has 46 heavy (non-hydrogen) atoms. The molecule has 0 radical (unpaired) electrons. The molecule has 0 saturated heterocycles. The third-order valence-electron chi connectivity index (χ3n) is 9.45. The van der Waals surface area contributed by atoms with Gasteiger partial charge in [0.25, 0.3) is 0 Å².